The molecule has 0 bridgehead atoms. The fourth-order valence-corrected chi connectivity index (χ4v) is 8.81. The Bertz CT molecular complexity index is 2650. The third-order valence-corrected chi connectivity index (χ3v) is 10.9. The first kappa shape index (κ1) is 25.8. The van der Waals surface area contributed by atoms with Crippen molar-refractivity contribution in [1.29, 1.82) is 5.26 Å². The first-order valence-electron chi connectivity index (χ1n) is 15.0. The summed E-state index contributed by atoms with van der Waals surface area (Å²) >= 11 is 1.87. The van der Waals surface area contributed by atoms with Crippen LogP contribution in [0.5, 0.6) is 0 Å². The lowest BCUT2D eigenvalue weighted by molar-refractivity contribution is 0.661. The van der Waals surface area contributed by atoms with E-state index in [0.29, 0.717) is 11.3 Å². The normalized spacial score (nSPS) is 13.2. The second-order valence-corrected chi connectivity index (χ2v) is 13.4. The van der Waals surface area contributed by atoms with Crippen molar-refractivity contribution >= 4 is 59.0 Å². The van der Waals surface area contributed by atoms with Crippen LogP contribution in [0.3, 0.4) is 0 Å². The quantitative estimate of drug-likeness (QED) is 0.184. The molecular formula is C41H25N3S. The number of aromatic nitrogens is 1. The predicted octanol–water partition coefficient (Wildman–Crippen LogP) is 11.5. The molecule has 45 heavy (non-hydrogen) atoms. The van der Waals surface area contributed by atoms with Gasteiger partial charge in [-0.1, -0.05) is 92.7 Å². The lowest BCUT2D eigenvalue weighted by Crippen LogP contribution is -2.14. The SMILES string of the molecule is [C-]#[N+]c1ccc2c(c1)c1ccccc1n2-c1c(C#N)cccc1-c1ccc2sc3c4c(ccc3c2c1)C(C)(C)c1ccccc1-4. The van der Waals surface area contributed by atoms with Crippen molar-refractivity contribution < 1.29 is 0 Å². The molecule has 0 saturated carbocycles. The molecule has 0 N–H and O–H groups in total. The summed E-state index contributed by atoms with van der Waals surface area (Å²) in [6.07, 6.45) is 0. The Morgan fingerprint density at radius 2 is 1.51 bits per heavy atom. The first-order valence-corrected chi connectivity index (χ1v) is 15.9. The van der Waals surface area contributed by atoms with Crippen LogP contribution in [-0.2, 0) is 5.41 Å². The minimum absolute atomic E-state index is 0.0358. The number of nitrogens with zero attached hydrogens (tertiary/aromatic N) is 3. The number of hydrogen-bond acceptors (Lipinski definition) is 2. The summed E-state index contributed by atoms with van der Waals surface area (Å²) in [4.78, 5) is 3.69. The molecule has 0 amide bonds. The van der Waals surface area contributed by atoms with Gasteiger partial charge in [-0.2, -0.15) is 5.26 Å². The van der Waals surface area contributed by atoms with E-state index in [9.17, 15) is 5.26 Å². The molecule has 3 nitrogen and oxygen atoms in total. The van der Waals surface area contributed by atoms with Gasteiger partial charge in [-0.05, 0) is 64.0 Å². The smallest absolute Gasteiger partial charge is 0.188 e. The monoisotopic (exact) mass is 591 g/mol. The van der Waals surface area contributed by atoms with Crippen LogP contribution in [0.2, 0.25) is 0 Å². The number of para-hydroxylation sites is 2. The predicted molar refractivity (Wildman–Crippen MR) is 188 cm³/mol. The summed E-state index contributed by atoms with van der Waals surface area (Å²) < 4.78 is 4.79. The van der Waals surface area contributed by atoms with E-state index in [1.54, 1.807) is 0 Å². The summed E-state index contributed by atoms with van der Waals surface area (Å²) in [5.41, 5.74) is 11.6. The molecule has 210 valence electrons. The van der Waals surface area contributed by atoms with Crippen LogP contribution in [0.25, 0.3) is 74.8 Å². The van der Waals surface area contributed by atoms with Crippen molar-refractivity contribution in [3.05, 3.63) is 143 Å². The molecule has 4 heteroatoms. The van der Waals surface area contributed by atoms with Crippen molar-refractivity contribution in [3.63, 3.8) is 0 Å². The van der Waals surface area contributed by atoms with E-state index in [0.717, 1.165) is 38.6 Å². The highest BCUT2D eigenvalue weighted by Gasteiger charge is 2.36. The zero-order valence-electron chi connectivity index (χ0n) is 24.7. The molecule has 0 radical (unpaired) electrons. The fourth-order valence-electron chi connectivity index (χ4n) is 7.57. The molecule has 1 aliphatic carbocycles. The van der Waals surface area contributed by atoms with E-state index >= 15 is 0 Å². The fraction of sp³-hybridized carbons (Fsp3) is 0.0732. The minimum atomic E-state index is -0.0358. The van der Waals surface area contributed by atoms with Gasteiger partial charge < -0.3 is 4.57 Å². The van der Waals surface area contributed by atoms with Crippen LogP contribution in [0.4, 0.5) is 5.69 Å². The summed E-state index contributed by atoms with van der Waals surface area (Å²) in [7, 11) is 0. The maximum absolute atomic E-state index is 10.4. The standard InChI is InChI=1S/C41H25N3S/c1-41(2)33-13-6-4-11-30(33)38-34(41)18-17-29-32-21-24(15-20-37(32)45-40(29)38)27-12-8-9-25(23-42)39(27)44-35-14-7-5-10-28(35)31-22-26(43-3)16-19-36(31)44/h4-22H,1-2H3. The Morgan fingerprint density at radius 1 is 0.711 bits per heavy atom. The van der Waals surface area contributed by atoms with Crippen LogP contribution >= 0.6 is 11.3 Å². The summed E-state index contributed by atoms with van der Waals surface area (Å²) in [6.45, 7) is 12.2. The van der Waals surface area contributed by atoms with Gasteiger partial charge in [0.25, 0.3) is 0 Å². The van der Waals surface area contributed by atoms with Gasteiger partial charge in [-0.3, -0.25) is 0 Å². The molecule has 6 aromatic carbocycles. The largest absolute Gasteiger partial charge is 0.307 e. The molecule has 8 aromatic rings. The Morgan fingerprint density at radius 3 is 2.38 bits per heavy atom. The Hall–Kier alpha value is -5.68. The Balaban J connectivity index is 1.32. The highest BCUT2D eigenvalue weighted by atomic mass is 32.1. The van der Waals surface area contributed by atoms with E-state index in [4.69, 9.17) is 6.57 Å². The van der Waals surface area contributed by atoms with Crippen LogP contribution in [-0.4, -0.2) is 4.57 Å². The van der Waals surface area contributed by atoms with Gasteiger partial charge in [0, 0.05) is 42.1 Å². The lowest BCUT2D eigenvalue weighted by Gasteiger charge is -2.21. The zero-order valence-corrected chi connectivity index (χ0v) is 25.5. The average Bonchev–Trinajstić information content (AvgIpc) is 3.69. The van der Waals surface area contributed by atoms with Crippen LogP contribution in [0.15, 0.2) is 115 Å². The highest BCUT2D eigenvalue weighted by Crippen LogP contribution is 2.54. The van der Waals surface area contributed by atoms with Gasteiger partial charge in [0.1, 0.15) is 6.07 Å². The number of rotatable bonds is 2. The van der Waals surface area contributed by atoms with E-state index in [1.807, 2.05) is 53.8 Å². The van der Waals surface area contributed by atoms with E-state index in [-0.39, 0.29) is 5.41 Å². The highest BCUT2D eigenvalue weighted by molar-refractivity contribution is 7.26. The van der Waals surface area contributed by atoms with Gasteiger partial charge in [0.05, 0.1) is 28.9 Å². The van der Waals surface area contributed by atoms with Crippen LogP contribution in [0, 0.1) is 17.9 Å². The van der Waals surface area contributed by atoms with Gasteiger partial charge in [-0.15, -0.1) is 11.3 Å². The molecule has 2 heterocycles. The molecule has 0 fully saturated rings. The molecular weight excluding hydrogens is 567 g/mol. The van der Waals surface area contributed by atoms with E-state index in [2.05, 4.69) is 102 Å². The molecule has 9 rings (SSSR count). The van der Waals surface area contributed by atoms with Crippen molar-refractivity contribution in [2.24, 2.45) is 0 Å². The third-order valence-electron chi connectivity index (χ3n) is 9.66. The lowest BCUT2D eigenvalue weighted by atomic mass is 9.82. The maximum atomic E-state index is 10.4. The molecule has 0 saturated heterocycles. The first-order chi connectivity index (χ1) is 22.0. The Labute approximate surface area is 264 Å². The van der Waals surface area contributed by atoms with Gasteiger partial charge in [0.15, 0.2) is 5.69 Å². The molecule has 0 aliphatic heterocycles. The third kappa shape index (κ3) is 3.43. The van der Waals surface area contributed by atoms with Gasteiger partial charge in [0.2, 0.25) is 0 Å². The number of nitriles is 1. The summed E-state index contributed by atoms with van der Waals surface area (Å²) in [6, 6.07) is 42.8. The maximum Gasteiger partial charge on any atom is 0.188 e. The van der Waals surface area contributed by atoms with Crippen molar-refractivity contribution in [3.8, 4) is 34.0 Å². The zero-order chi connectivity index (χ0) is 30.4. The van der Waals surface area contributed by atoms with Crippen LogP contribution < -0.4 is 0 Å². The van der Waals surface area contributed by atoms with Crippen molar-refractivity contribution in [2.45, 2.75) is 19.3 Å². The molecule has 0 spiro atoms. The molecule has 2 aromatic heterocycles. The van der Waals surface area contributed by atoms with E-state index < -0.39 is 0 Å². The number of thiophene rings is 1. The van der Waals surface area contributed by atoms with E-state index in [1.165, 1.54) is 42.4 Å². The van der Waals surface area contributed by atoms with Crippen LogP contribution in [0.1, 0.15) is 30.5 Å². The second-order valence-electron chi connectivity index (χ2n) is 12.3. The molecule has 0 atom stereocenters. The van der Waals surface area contributed by atoms with Crippen molar-refractivity contribution in [1.82, 2.24) is 4.57 Å². The van der Waals surface area contributed by atoms with Gasteiger partial charge in [-0.25, -0.2) is 4.85 Å². The molecule has 1 aliphatic rings. The summed E-state index contributed by atoms with van der Waals surface area (Å²) in [5.74, 6) is 0. The second kappa shape index (κ2) is 9.16. The average molecular weight is 592 g/mol. The number of benzene rings is 6. The Kier molecular flexibility index (Phi) is 5.25. The number of fused-ring (bicyclic) bond motifs is 10. The topological polar surface area (TPSA) is 33.1 Å². The number of hydrogen-bond donors (Lipinski definition) is 0. The minimum Gasteiger partial charge on any atom is -0.307 e. The summed E-state index contributed by atoms with van der Waals surface area (Å²) in [5, 5.41) is 15.0. The molecule has 0 unspecified atom stereocenters. The van der Waals surface area contributed by atoms with Gasteiger partial charge >= 0.3 is 0 Å². The van der Waals surface area contributed by atoms with Crippen molar-refractivity contribution in [2.75, 3.05) is 0 Å².